The first-order valence-corrected chi connectivity index (χ1v) is 7.88. The lowest BCUT2D eigenvalue weighted by Crippen LogP contribution is -2.05. The quantitative estimate of drug-likeness (QED) is 0.595. The Morgan fingerprint density at radius 1 is 1.40 bits per heavy atom. The van der Waals surface area contributed by atoms with E-state index in [2.05, 4.69) is 10.3 Å². The van der Waals surface area contributed by atoms with Gasteiger partial charge in [0.05, 0.1) is 0 Å². The summed E-state index contributed by atoms with van der Waals surface area (Å²) in [7, 11) is 0. The van der Waals surface area contributed by atoms with Gasteiger partial charge in [-0.2, -0.15) is 0 Å². The predicted molar refractivity (Wildman–Crippen MR) is 78.8 cm³/mol. The molecule has 0 bridgehead atoms. The highest BCUT2D eigenvalue weighted by Crippen LogP contribution is 2.29. The van der Waals surface area contributed by atoms with Crippen LogP contribution in [-0.2, 0) is 0 Å². The fraction of sp³-hybridized carbons (Fsp3) is 0.643. The van der Waals surface area contributed by atoms with Crippen molar-refractivity contribution >= 4 is 28.2 Å². The standard InChI is InChI=1S/C14H20N2O3S/c1-9(17)12-11(13(18)19)16-14(20-12)15-8-4-7-10-5-2-3-6-10/h10H,2-8H2,1H3,(H,15,16)(H,18,19). The first kappa shape index (κ1) is 15.0. The summed E-state index contributed by atoms with van der Waals surface area (Å²) < 4.78 is 0. The van der Waals surface area contributed by atoms with Gasteiger partial charge in [-0.25, -0.2) is 9.78 Å². The Hall–Kier alpha value is -1.43. The molecule has 0 atom stereocenters. The molecule has 0 aliphatic heterocycles. The second-order valence-electron chi connectivity index (χ2n) is 5.28. The first-order chi connectivity index (χ1) is 9.58. The molecule has 6 heteroatoms. The molecule has 1 aromatic rings. The lowest BCUT2D eigenvalue weighted by molar-refractivity contribution is 0.0687. The lowest BCUT2D eigenvalue weighted by Gasteiger charge is -2.08. The number of carbonyl (C=O) groups excluding carboxylic acids is 1. The van der Waals surface area contributed by atoms with Crippen LogP contribution in [0.2, 0.25) is 0 Å². The van der Waals surface area contributed by atoms with Crippen LogP contribution < -0.4 is 5.32 Å². The number of aromatic nitrogens is 1. The molecule has 1 aliphatic carbocycles. The van der Waals surface area contributed by atoms with Gasteiger partial charge < -0.3 is 10.4 Å². The van der Waals surface area contributed by atoms with Crippen LogP contribution in [0, 0.1) is 5.92 Å². The molecule has 1 aromatic heterocycles. The van der Waals surface area contributed by atoms with Gasteiger partial charge in [0.2, 0.25) is 0 Å². The second kappa shape index (κ2) is 6.83. The Bertz CT molecular complexity index is 461. The minimum absolute atomic E-state index is 0.138. The van der Waals surface area contributed by atoms with Crippen molar-refractivity contribution in [3.05, 3.63) is 10.6 Å². The van der Waals surface area contributed by atoms with Crippen molar-refractivity contribution in [1.82, 2.24) is 4.98 Å². The molecule has 0 aromatic carbocycles. The van der Waals surface area contributed by atoms with Crippen molar-refractivity contribution in [3.8, 4) is 0 Å². The van der Waals surface area contributed by atoms with Crippen LogP contribution in [0.5, 0.6) is 0 Å². The minimum atomic E-state index is -1.15. The maximum atomic E-state index is 11.4. The van der Waals surface area contributed by atoms with Gasteiger partial charge in [-0.15, -0.1) is 0 Å². The van der Waals surface area contributed by atoms with Crippen molar-refractivity contribution in [3.63, 3.8) is 0 Å². The second-order valence-corrected chi connectivity index (χ2v) is 6.28. The fourth-order valence-electron chi connectivity index (χ4n) is 2.66. The molecule has 5 nitrogen and oxygen atoms in total. The van der Waals surface area contributed by atoms with E-state index in [1.807, 2.05) is 0 Å². The fourth-order valence-corrected chi connectivity index (χ4v) is 3.54. The number of hydrogen-bond donors (Lipinski definition) is 2. The molecule has 1 heterocycles. The number of carboxylic acid groups (broad SMARTS) is 1. The number of nitrogens with zero attached hydrogens (tertiary/aromatic N) is 1. The first-order valence-electron chi connectivity index (χ1n) is 7.07. The summed E-state index contributed by atoms with van der Waals surface area (Å²) in [5.74, 6) is -0.542. The number of hydrogen-bond acceptors (Lipinski definition) is 5. The van der Waals surface area contributed by atoms with Crippen LogP contribution >= 0.6 is 11.3 Å². The van der Waals surface area contributed by atoms with Gasteiger partial charge in [0.1, 0.15) is 4.88 Å². The van der Waals surface area contributed by atoms with Crippen LogP contribution in [0.4, 0.5) is 5.13 Å². The van der Waals surface area contributed by atoms with Gasteiger partial charge in [0.15, 0.2) is 16.6 Å². The predicted octanol–water partition coefficient (Wildman–Crippen LogP) is 3.43. The number of aromatic carboxylic acids is 1. The Kier molecular flexibility index (Phi) is 5.11. The Balaban J connectivity index is 1.84. The highest BCUT2D eigenvalue weighted by molar-refractivity contribution is 7.17. The highest BCUT2D eigenvalue weighted by atomic mass is 32.1. The molecule has 2 rings (SSSR count). The molecule has 1 fully saturated rings. The van der Waals surface area contributed by atoms with E-state index in [9.17, 15) is 9.59 Å². The van der Waals surface area contributed by atoms with Crippen molar-refractivity contribution in [2.24, 2.45) is 5.92 Å². The van der Waals surface area contributed by atoms with Crippen molar-refractivity contribution < 1.29 is 14.7 Å². The van der Waals surface area contributed by atoms with E-state index in [-0.39, 0.29) is 16.4 Å². The molecular weight excluding hydrogens is 276 g/mol. The Morgan fingerprint density at radius 2 is 2.10 bits per heavy atom. The van der Waals surface area contributed by atoms with Gasteiger partial charge in [-0.05, 0) is 18.8 Å². The molecule has 0 spiro atoms. The van der Waals surface area contributed by atoms with E-state index < -0.39 is 5.97 Å². The zero-order valence-corrected chi connectivity index (χ0v) is 12.5. The van der Waals surface area contributed by atoms with Gasteiger partial charge in [0.25, 0.3) is 0 Å². The number of carbonyl (C=O) groups is 2. The van der Waals surface area contributed by atoms with Gasteiger partial charge in [-0.3, -0.25) is 4.79 Å². The number of anilines is 1. The summed E-state index contributed by atoms with van der Waals surface area (Å²) in [6, 6.07) is 0. The number of ketones is 1. The van der Waals surface area contributed by atoms with Crippen LogP contribution in [-0.4, -0.2) is 28.4 Å². The number of carboxylic acids is 1. The zero-order chi connectivity index (χ0) is 14.5. The smallest absolute Gasteiger partial charge is 0.356 e. The maximum Gasteiger partial charge on any atom is 0.356 e. The summed E-state index contributed by atoms with van der Waals surface area (Å²) in [4.78, 5) is 26.6. The number of thiazole rings is 1. The number of rotatable bonds is 7. The zero-order valence-electron chi connectivity index (χ0n) is 11.6. The lowest BCUT2D eigenvalue weighted by atomic mass is 10.0. The van der Waals surface area contributed by atoms with E-state index >= 15 is 0 Å². The molecule has 110 valence electrons. The van der Waals surface area contributed by atoms with Crippen LogP contribution in [0.1, 0.15) is 65.6 Å². The average molecular weight is 296 g/mol. The molecule has 0 saturated heterocycles. The third kappa shape index (κ3) is 3.79. The van der Waals surface area contributed by atoms with Crippen molar-refractivity contribution in [2.45, 2.75) is 45.4 Å². The van der Waals surface area contributed by atoms with Gasteiger partial charge in [-0.1, -0.05) is 37.0 Å². The van der Waals surface area contributed by atoms with Crippen molar-refractivity contribution in [2.75, 3.05) is 11.9 Å². The minimum Gasteiger partial charge on any atom is -0.476 e. The van der Waals surface area contributed by atoms with E-state index in [4.69, 9.17) is 5.11 Å². The van der Waals surface area contributed by atoms with E-state index in [1.165, 1.54) is 39.0 Å². The molecule has 20 heavy (non-hydrogen) atoms. The van der Waals surface area contributed by atoms with Crippen molar-refractivity contribution in [1.29, 1.82) is 0 Å². The summed E-state index contributed by atoms with van der Waals surface area (Å²) in [5.41, 5.74) is -0.138. The SMILES string of the molecule is CC(=O)c1sc(NCCCC2CCCC2)nc1C(=O)O. The maximum absolute atomic E-state index is 11.4. The molecule has 0 radical (unpaired) electrons. The molecular formula is C14H20N2O3S. The summed E-state index contributed by atoms with van der Waals surface area (Å²) in [5, 5.41) is 12.7. The van der Waals surface area contributed by atoms with Gasteiger partial charge in [0, 0.05) is 13.5 Å². The van der Waals surface area contributed by atoms with Crippen LogP contribution in [0.3, 0.4) is 0 Å². The number of Topliss-reactive ketones (excluding diaryl/α,β-unsaturated/α-hetero) is 1. The highest BCUT2D eigenvalue weighted by Gasteiger charge is 2.20. The van der Waals surface area contributed by atoms with E-state index in [0.717, 1.165) is 30.2 Å². The topological polar surface area (TPSA) is 79.3 Å². The normalized spacial score (nSPS) is 15.4. The largest absolute Gasteiger partial charge is 0.476 e. The average Bonchev–Trinajstić information content (AvgIpc) is 3.04. The van der Waals surface area contributed by atoms with E-state index in [1.54, 1.807) is 0 Å². The van der Waals surface area contributed by atoms with E-state index in [0.29, 0.717) is 5.13 Å². The number of nitrogens with one attached hydrogen (secondary N) is 1. The summed E-state index contributed by atoms with van der Waals surface area (Å²) in [6.45, 7) is 2.14. The summed E-state index contributed by atoms with van der Waals surface area (Å²) in [6.07, 6.45) is 7.67. The monoisotopic (exact) mass is 296 g/mol. The molecule has 2 N–H and O–H groups in total. The third-order valence-electron chi connectivity index (χ3n) is 3.69. The molecule has 1 aliphatic rings. The summed E-state index contributed by atoms with van der Waals surface area (Å²) >= 11 is 1.13. The Morgan fingerprint density at radius 3 is 2.65 bits per heavy atom. The van der Waals surface area contributed by atoms with Gasteiger partial charge >= 0.3 is 5.97 Å². The third-order valence-corrected chi connectivity index (χ3v) is 4.80. The van der Waals surface area contributed by atoms with Crippen LogP contribution in [0.15, 0.2) is 0 Å². The Labute approximate surface area is 122 Å². The molecule has 0 unspecified atom stereocenters. The molecule has 1 saturated carbocycles. The van der Waals surface area contributed by atoms with Crippen LogP contribution in [0.25, 0.3) is 0 Å². The molecule has 0 amide bonds.